The van der Waals surface area contributed by atoms with Gasteiger partial charge in [0.25, 0.3) is 0 Å². The van der Waals surface area contributed by atoms with E-state index in [2.05, 4.69) is 5.32 Å². The lowest BCUT2D eigenvalue weighted by Gasteiger charge is -2.16. The molecule has 0 aliphatic rings. The van der Waals surface area contributed by atoms with Crippen LogP contribution in [0.5, 0.6) is 0 Å². The Balaban J connectivity index is 2.75. The first-order valence-electron chi connectivity index (χ1n) is 6.29. The zero-order valence-corrected chi connectivity index (χ0v) is 12.7. The number of carboxylic acid groups (broad SMARTS) is 1. The van der Waals surface area contributed by atoms with E-state index in [0.29, 0.717) is 12.1 Å². The molecular formula is C13H18N2O5S. The Morgan fingerprint density at radius 1 is 1.24 bits per heavy atom. The van der Waals surface area contributed by atoms with Gasteiger partial charge < -0.3 is 10.4 Å². The maximum Gasteiger partial charge on any atom is 0.335 e. The van der Waals surface area contributed by atoms with Crippen LogP contribution in [-0.2, 0) is 20.6 Å². The lowest BCUT2D eigenvalue weighted by molar-refractivity contribution is -0.121. The molecular weight excluding hydrogens is 296 g/mol. The van der Waals surface area contributed by atoms with E-state index >= 15 is 0 Å². The highest BCUT2D eigenvalue weighted by Crippen LogP contribution is 2.11. The van der Waals surface area contributed by atoms with Crippen molar-refractivity contribution in [1.29, 1.82) is 0 Å². The van der Waals surface area contributed by atoms with Gasteiger partial charge in [0.1, 0.15) is 0 Å². The van der Waals surface area contributed by atoms with Crippen LogP contribution < -0.4 is 5.32 Å². The molecule has 1 aromatic carbocycles. The summed E-state index contributed by atoms with van der Waals surface area (Å²) in [7, 11) is -2.31. The Bertz CT molecular complexity index is 610. The van der Waals surface area contributed by atoms with E-state index in [4.69, 9.17) is 5.11 Å². The predicted octanol–water partition coefficient (Wildman–Crippen LogP) is 0.283. The number of carboxylic acids is 1. The number of hydrogen-bond donors (Lipinski definition) is 2. The number of nitrogens with one attached hydrogen (secondary N) is 1. The van der Waals surface area contributed by atoms with Crippen LogP contribution in [0.2, 0.25) is 0 Å². The lowest BCUT2D eigenvalue weighted by Crippen LogP contribution is -2.38. The standard InChI is InChI=1S/C13H18N2O5S/c1-3-14-12(16)8-15(2)21(19,20)9-10-4-6-11(7-5-10)13(17)18/h4-7H,3,8-9H2,1-2H3,(H,14,16)(H,17,18). The fourth-order valence-corrected chi connectivity index (χ4v) is 2.77. The van der Waals surface area contributed by atoms with Crippen molar-refractivity contribution in [3.63, 3.8) is 0 Å². The van der Waals surface area contributed by atoms with Crippen LogP contribution >= 0.6 is 0 Å². The zero-order valence-electron chi connectivity index (χ0n) is 11.9. The van der Waals surface area contributed by atoms with Gasteiger partial charge in [-0.2, -0.15) is 4.31 Å². The van der Waals surface area contributed by atoms with Crippen LogP contribution in [0.3, 0.4) is 0 Å². The van der Waals surface area contributed by atoms with Crippen molar-refractivity contribution >= 4 is 21.9 Å². The van der Waals surface area contributed by atoms with E-state index < -0.39 is 16.0 Å². The van der Waals surface area contributed by atoms with Crippen molar-refractivity contribution < 1.29 is 23.1 Å². The van der Waals surface area contributed by atoms with Crippen LogP contribution in [0.1, 0.15) is 22.8 Å². The summed E-state index contributed by atoms with van der Waals surface area (Å²) in [4.78, 5) is 22.1. The second-order valence-corrected chi connectivity index (χ2v) is 6.54. The van der Waals surface area contributed by atoms with E-state index in [1.54, 1.807) is 6.92 Å². The van der Waals surface area contributed by atoms with Crippen molar-refractivity contribution in [2.75, 3.05) is 20.1 Å². The largest absolute Gasteiger partial charge is 0.478 e. The maximum atomic E-state index is 12.1. The number of benzene rings is 1. The zero-order chi connectivity index (χ0) is 16.0. The first-order valence-corrected chi connectivity index (χ1v) is 7.90. The van der Waals surface area contributed by atoms with Gasteiger partial charge in [0.05, 0.1) is 17.9 Å². The van der Waals surface area contributed by atoms with Crippen molar-refractivity contribution in [2.45, 2.75) is 12.7 Å². The number of hydrogen-bond acceptors (Lipinski definition) is 4. The summed E-state index contributed by atoms with van der Waals surface area (Å²) in [5, 5.41) is 11.3. The molecule has 0 atom stereocenters. The first kappa shape index (κ1) is 17.1. The molecule has 1 amide bonds. The lowest BCUT2D eigenvalue weighted by atomic mass is 10.1. The second kappa shape index (κ2) is 7.19. The molecule has 116 valence electrons. The van der Waals surface area contributed by atoms with Crippen molar-refractivity contribution in [3.05, 3.63) is 35.4 Å². The molecule has 0 aliphatic carbocycles. The number of rotatable bonds is 7. The molecule has 0 spiro atoms. The third-order valence-corrected chi connectivity index (χ3v) is 4.54. The van der Waals surface area contributed by atoms with E-state index in [1.165, 1.54) is 31.3 Å². The van der Waals surface area contributed by atoms with Crippen molar-refractivity contribution in [3.8, 4) is 0 Å². The Kier molecular flexibility index (Phi) is 5.86. The number of carbonyl (C=O) groups is 2. The molecule has 7 nitrogen and oxygen atoms in total. The van der Waals surface area contributed by atoms with Gasteiger partial charge in [-0.1, -0.05) is 12.1 Å². The number of amides is 1. The highest BCUT2D eigenvalue weighted by molar-refractivity contribution is 7.88. The van der Waals surface area contributed by atoms with E-state index in [9.17, 15) is 18.0 Å². The summed E-state index contributed by atoms with van der Waals surface area (Å²) in [5.74, 6) is -1.73. The third kappa shape index (κ3) is 5.16. The third-order valence-electron chi connectivity index (χ3n) is 2.77. The summed E-state index contributed by atoms with van der Waals surface area (Å²) < 4.78 is 25.2. The minimum absolute atomic E-state index is 0.0897. The molecule has 0 saturated heterocycles. The minimum Gasteiger partial charge on any atom is -0.478 e. The predicted molar refractivity (Wildman–Crippen MR) is 77.3 cm³/mol. The molecule has 0 fully saturated rings. The van der Waals surface area contributed by atoms with Crippen LogP contribution in [0.4, 0.5) is 0 Å². The van der Waals surface area contributed by atoms with Crippen molar-refractivity contribution in [2.24, 2.45) is 0 Å². The molecule has 0 saturated carbocycles. The smallest absolute Gasteiger partial charge is 0.335 e. The molecule has 2 N–H and O–H groups in total. The molecule has 0 aliphatic heterocycles. The average Bonchev–Trinajstić information content (AvgIpc) is 2.39. The number of carbonyl (C=O) groups excluding carboxylic acids is 1. The first-order chi connectivity index (χ1) is 9.76. The van der Waals surface area contributed by atoms with Crippen LogP contribution in [0.25, 0.3) is 0 Å². The van der Waals surface area contributed by atoms with E-state index in [-0.39, 0.29) is 23.8 Å². The molecule has 21 heavy (non-hydrogen) atoms. The molecule has 0 bridgehead atoms. The summed E-state index contributed by atoms with van der Waals surface area (Å²) >= 11 is 0. The molecule has 8 heteroatoms. The quantitative estimate of drug-likeness (QED) is 0.752. The molecule has 0 radical (unpaired) electrons. The van der Waals surface area contributed by atoms with Gasteiger partial charge >= 0.3 is 5.97 Å². The monoisotopic (exact) mass is 314 g/mol. The van der Waals surface area contributed by atoms with Crippen LogP contribution in [0, 0.1) is 0 Å². The number of likely N-dealkylation sites (N-methyl/N-ethyl adjacent to an activating group) is 2. The maximum absolute atomic E-state index is 12.1. The van der Waals surface area contributed by atoms with Gasteiger partial charge in [0.2, 0.25) is 15.9 Å². The number of sulfonamides is 1. The number of nitrogens with zero attached hydrogens (tertiary/aromatic N) is 1. The Morgan fingerprint density at radius 2 is 1.81 bits per heavy atom. The molecule has 0 heterocycles. The number of aromatic carboxylic acids is 1. The van der Waals surface area contributed by atoms with Crippen LogP contribution in [-0.4, -0.2) is 49.8 Å². The van der Waals surface area contributed by atoms with Gasteiger partial charge in [-0.25, -0.2) is 13.2 Å². The normalized spacial score (nSPS) is 11.4. The Hall–Kier alpha value is -1.93. The minimum atomic E-state index is -3.63. The van der Waals surface area contributed by atoms with Gasteiger partial charge in [-0.05, 0) is 24.6 Å². The Morgan fingerprint density at radius 3 is 2.29 bits per heavy atom. The molecule has 1 aromatic rings. The second-order valence-electron chi connectivity index (χ2n) is 4.47. The van der Waals surface area contributed by atoms with E-state index in [0.717, 1.165) is 4.31 Å². The summed E-state index contributed by atoms with van der Waals surface area (Å²) in [6, 6.07) is 5.58. The van der Waals surface area contributed by atoms with Gasteiger partial charge in [0.15, 0.2) is 0 Å². The van der Waals surface area contributed by atoms with Crippen LogP contribution in [0.15, 0.2) is 24.3 Å². The molecule has 0 aromatic heterocycles. The average molecular weight is 314 g/mol. The Labute approximate surface area is 123 Å². The van der Waals surface area contributed by atoms with Gasteiger partial charge in [0, 0.05) is 13.6 Å². The fraction of sp³-hybridized carbons (Fsp3) is 0.385. The molecule has 0 unspecified atom stereocenters. The van der Waals surface area contributed by atoms with E-state index in [1.807, 2.05) is 0 Å². The summed E-state index contributed by atoms with van der Waals surface area (Å²) in [5.41, 5.74) is 0.551. The topological polar surface area (TPSA) is 104 Å². The molecule has 1 rings (SSSR count). The van der Waals surface area contributed by atoms with Crippen molar-refractivity contribution in [1.82, 2.24) is 9.62 Å². The summed E-state index contributed by atoms with van der Waals surface area (Å²) in [6.07, 6.45) is 0. The highest BCUT2D eigenvalue weighted by atomic mass is 32.2. The summed E-state index contributed by atoms with van der Waals surface area (Å²) in [6.45, 7) is 1.93. The SMILES string of the molecule is CCNC(=O)CN(C)S(=O)(=O)Cc1ccc(C(=O)O)cc1. The van der Waals surface area contributed by atoms with Gasteiger partial charge in [-0.3, -0.25) is 4.79 Å². The van der Waals surface area contributed by atoms with Gasteiger partial charge in [-0.15, -0.1) is 0 Å². The highest BCUT2D eigenvalue weighted by Gasteiger charge is 2.21. The fourth-order valence-electron chi connectivity index (χ4n) is 1.62.